The first-order chi connectivity index (χ1) is 11.3. The average molecular weight is 307 g/mol. The van der Waals surface area contributed by atoms with Crippen LogP contribution >= 0.6 is 0 Å². The Morgan fingerprint density at radius 2 is 1.96 bits per heavy atom. The maximum Gasteiger partial charge on any atom is 0.265 e. The van der Waals surface area contributed by atoms with Crippen LogP contribution in [0.1, 0.15) is 12.0 Å². The SMILES string of the molecule is N#Cc1ccc(NCCCN2C(=O)COc3ccccc32)cc1. The smallest absolute Gasteiger partial charge is 0.265 e. The third-order valence-electron chi connectivity index (χ3n) is 3.71. The molecular weight excluding hydrogens is 290 g/mol. The van der Waals surface area contributed by atoms with Crippen molar-refractivity contribution in [2.24, 2.45) is 0 Å². The molecule has 0 saturated carbocycles. The van der Waals surface area contributed by atoms with Gasteiger partial charge in [0.1, 0.15) is 5.75 Å². The van der Waals surface area contributed by atoms with Gasteiger partial charge < -0.3 is 15.0 Å². The van der Waals surface area contributed by atoms with Crippen molar-refractivity contribution >= 4 is 17.3 Å². The Bertz CT molecular complexity index is 735. The molecule has 1 aliphatic heterocycles. The summed E-state index contributed by atoms with van der Waals surface area (Å²) in [5, 5.41) is 12.1. The van der Waals surface area contributed by atoms with E-state index in [-0.39, 0.29) is 12.5 Å². The number of amides is 1. The first-order valence-corrected chi connectivity index (χ1v) is 7.54. The number of carbonyl (C=O) groups is 1. The fraction of sp³-hybridized carbons (Fsp3) is 0.222. The van der Waals surface area contributed by atoms with E-state index in [0.29, 0.717) is 12.1 Å². The number of nitrogens with zero attached hydrogens (tertiary/aromatic N) is 2. The lowest BCUT2D eigenvalue weighted by Gasteiger charge is -2.29. The topological polar surface area (TPSA) is 65.4 Å². The second kappa shape index (κ2) is 6.84. The van der Waals surface area contributed by atoms with Crippen LogP contribution in [-0.2, 0) is 4.79 Å². The van der Waals surface area contributed by atoms with E-state index in [1.807, 2.05) is 36.4 Å². The zero-order valence-corrected chi connectivity index (χ0v) is 12.7. The molecule has 0 aliphatic carbocycles. The predicted octanol–water partition coefficient (Wildman–Crippen LogP) is 2.79. The lowest BCUT2D eigenvalue weighted by molar-refractivity contribution is -0.121. The van der Waals surface area contributed by atoms with E-state index in [1.54, 1.807) is 17.0 Å². The zero-order chi connectivity index (χ0) is 16.1. The Labute approximate surface area is 135 Å². The first-order valence-electron chi connectivity index (χ1n) is 7.54. The molecule has 1 heterocycles. The summed E-state index contributed by atoms with van der Waals surface area (Å²) in [6.07, 6.45) is 0.820. The number of fused-ring (bicyclic) bond motifs is 1. The summed E-state index contributed by atoms with van der Waals surface area (Å²) in [6, 6.07) is 17.0. The standard InChI is InChI=1S/C18H17N3O2/c19-12-14-6-8-15(9-7-14)20-10-3-11-21-16-4-1-2-5-17(16)23-13-18(21)22/h1-2,4-9,20H,3,10-11,13H2. The molecule has 2 aromatic carbocycles. The highest BCUT2D eigenvalue weighted by Crippen LogP contribution is 2.31. The average Bonchev–Trinajstić information content (AvgIpc) is 2.60. The molecule has 5 heteroatoms. The number of nitriles is 1. The van der Waals surface area contributed by atoms with Gasteiger partial charge in [-0.25, -0.2) is 0 Å². The molecule has 3 rings (SSSR count). The molecule has 0 spiro atoms. The van der Waals surface area contributed by atoms with Crippen LogP contribution in [0, 0.1) is 11.3 Å². The van der Waals surface area contributed by atoms with Crippen molar-refractivity contribution in [1.82, 2.24) is 0 Å². The molecule has 0 bridgehead atoms. The molecule has 0 fully saturated rings. The molecule has 23 heavy (non-hydrogen) atoms. The van der Waals surface area contributed by atoms with Crippen molar-refractivity contribution in [1.29, 1.82) is 5.26 Å². The van der Waals surface area contributed by atoms with Gasteiger partial charge in [-0.3, -0.25) is 4.79 Å². The number of benzene rings is 2. The lowest BCUT2D eigenvalue weighted by Crippen LogP contribution is -2.39. The summed E-state index contributed by atoms with van der Waals surface area (Å²) in [5.74, 6) is 0.745. The quantitative estimate of drug-likeness (QED) is 0.863. The highest BCUT2D eigenvalue weighted by Gasteiger charge is 2.24. The van der Waals surface area contributed by atoms with Crippen LogP contribution in [0.25, 0.3) is 0 Å². The summed E-state index contributed by atoms with van der Waals surface area (Å²) in [7, 11) is 0. The van der Waals surface area contributed by atoms with Gasteiger partial charge in [-0.15, -0.1) is 0 Å². The number of rotatable bonds is 5. The van der Waals surface area contributed by atoms with Crippen molar-refractivity contribution < 1.29 is 9.53 Å². The second-order valence-corrected chi connectivity index (χ2v) is 5.27. The van der Waals surface area contributed by atoms with Crippen molar-refractivity contribution in [3.05, 3.63) is 54.1 Å². The minimum absolute atomic E-state index is 0.0120. The van der Waals surface area contributed by atoms with E-state index in [4.69, 9.17) is 10.00 Å². The highest BCUT2D eigenvalue weighted by molar-refractivity contribution is 5.97. The molecule has 0 atom stereocenters. The van der Waals surface area contributed by atoms with Gasteiger partial charge in [-0.1, -0.05) is 12.1 Å². The summed E-state index contributed by atoms with van der Waals surface area (Å²) in [5.41, 5.74) is 2.45. The molecule has 0 unspecified atom stereocenters. The van der Waals surface area contributed by atoms with Gasteiger partial charge in [-0.2, -0.15) is 5.26 Å². The van der Waals surface area contributed by atoms with Crippen LogP contribution in [0.3, 0.4) is 0 Å². The largest absolute Gasteiger partial charge is 0.482 e. The van der Waals surface area contributed by atoms with Crippen LogP contribution in [-0.4, -0.2) is 25.6 Å². The van der Waals surface area contributed by atoms with Gasteiger partial charge >= 0.3 is 0 Å². The summed E-state index contributed by atoms with van der Waals surface area (Å²) < 4.78 is 5.43. The summed E-state index contributed by atoms with van der Waals surface area (Å²) in [4.78, 5) is 13.8. The van der Waals surface area contributed by atoms with Gasteiger partial charge in [0.15, 0.2) is 6.61 Å². The number of anilines is 2. The lowest BCUT2D eigenvalue weighted by atomic mass is 10.2. The Hall–Kier alpha value is -3.00. The van der Waals surface area contributed by atoms with Crippen molar-refractivity contribution in [3.63, 3.8) is 0 Å². The number of ether oxygens (including phenoxy) is 1. The minimum atomic E-state index is -0.0120. The fourth-order valence-electron chi connectivity index (χ4n) is 2.53. The first kappa shape index (κ1) is 14.9. The number of carbonyl (C=O) groups excluding carboxylic acids is 1. The van der Waals surface area contributed by atoms with Gasteiger partial charge in [-0.05, 0) is 42.8 Å². The molecule has 116 valence electrons. The highest BCUT2D eigenvalue weighted by atomic mass is 16.5. The summed E-state index contributed by atoms with van der Waals surface area (Å²) >= 11 is 0. The van der Waals surface area contributed by atoms with Crippen LogP contribution in [0.2, 0.25) is 0 Å². The van der Waals surface area contributed by atoms with Crippen LogP contribution < -0.4 is 15.0 Å². The molecule has 5 nitrogen and oxygen atoms in total. The summed E-state index contributed by atoms with van der Waals surface area (Å²) in [6.45, 7) is 1.49. The molecule has 0 saturated heterocycles. The molecule has 0 radical (unpaired) electrons. The second-order valence-electron chi connectivity index (χ2n) is 5.27. The minimum Gasteiger partial charge on any atom is -0.482 e. The Morgan fingerprint density at radius 1 is 1.17 bits per heavy atom. The van der Waals surface area contributed by atoms with Crippen LogP contribution in [0.5, 0.6) is 5.75 Å². The van der Waals surface area contributed by atoms with Crippen molar-refractivity contribution in [3.8, 4) is 11.8 Å². The molecule has 1 amide bonds. The van der Waals surface area contributed by atoms with Crippen LogP contribution in [0.15, 0.2) is 48.5 Å². The monoisotopic (exact) mass is 307 g/mol. The third kappa shape index (κ3) is 3.43. The molecule has 1 N–H and O–H groups in total. The van der Waals surface area contributed by atoms with Gasteiger partial charge in [0, 0.05) is 18.8 Å². The van der Waals surface area contributed by atoms with Gasteiger partial charge in [0.2, 0.25) is 0 Å². The normalized spacial score (nSPS) is 13.0. The maximum atomic E-state index is 12.0. The fourth-order valence-corrected chi connectivity index (χ4v) is 2.53. The molecule has 1 aliphatic rings. The number of para-hydroxylation sites is 2. The number of hydrogen-bond donors (Lipinski definition) is 1. The molecular formula is C18H17N3O2. The van der Waals surface area contributed by atoms with Gasteiger partial charge in [0.25, 0.3) is 5.91 Å². The number of nitrogens with one attached hydrogen (secondary N) is 1. The zero-order valence-electron chi connectivity index (χ0n) is 12.7. The predicted molar refractivity (Wildman–Crippen MR) is 88.6 cm³/mol. The third-order valence-corrected chi connectivity index (χ3v) is 3.71. The van der Waals surface area contributed by atoms with E-state index in [9.17, 15) is 4.79 Å². The molecule has 0 aromatic heterocycles. The van der Waals surface area contributed by atoms with Crippen molar-refractivity contribution in [2.75, 3.05) is 29.9 Å². The van der Waals surface area contributed by atoms with E-state index in [2.05, 4.69) is 11.4 Å². The van der Waals surface area contributed by atoms with Crippen LogP contribution in [0.4, 0.5) is 11.4 Å². The Kier molecular flexibility index (Phi) is 4.44. The van der Waals surface area contributed by atoms with E-state index >= 15 is 0 Å². The van der Waals surface area contributed by atoms with E-state index < -0.39 is 0 Å². The number of hydrogen-bond acceptors (Lipinski definition) is 4. The van der Waals surface area contributed by atoms with Gasteiger partial charge in [0.05, 0.1) is 17.3 Å². The Balaban J connectivity index is 1.54. The molecule has 2 aromatic rings. The maximum absolute atomic E-state index is 12.0. The Morgan fingerprint density at radius 3 is 2.74 bits per heavy atom. The van der Waals surface area contributed by atoms with E-state index in [1.165, 1.54) is 0 Å². The van der Waals surface area contributed by atoms with Crippen molar-refractivity contribution in [2.45, 2.75) is 6.42 Å². The van der Waals surface area contributed by atoms with E-state index in [0.717, 1.165) is 30.1 Å².